The van der Waals surface area contributed by atoms with Crippen molar-refractivity contribution < 1.29 is 14.3 Å². The molecular weight excluding hydrogens is 288 g/mol. The first kappa shape index (κ1) is 12.4. The number of aliphatic carboxylic acids is 1. The third kappa shape index (κ3) is 2.90. The Morgan fingerprint density at radius 1 is 1.67 bits per heavy atom. The fraction of sp³-hybridized carbons (Fsp3) is 0.222. The van der Waals surface area contributed by atoms with Crippen molar-refractivity contribution in [2.24, 2.45) is 5.73 Å². The van der Waals surface area contributed by atoms with E-state index in [2.05, 4.69) is 15.9 Å². The number of carbonyl (C=O) groups is 1. The van der Waals surface area contributed by atoms with Gasteiger partial charge in [0, 0.05) is 17.0 Å². The Kier molecular flexibility index (Phi) is 4.07. The maximum atomic E-state index is 13.5. The highest BCUT2D eigenvalue weighted by Gasteiger charge is 2.18. The molecule has 0 aliphatic heterocycles. The van der Waals surface area contributed by atoms with Crippen LogP contribution in [0.1, 0.15) is 5.56 Å². The Labute approximate surface area is 99.2 Å². The maximum absolute atomic E-state index is 13.5. The van der Waals surface area contributed by atoms with Crippen molar-refractivity contribution in [1.29, 1.82) is 0 Å². The third-order valence-electron chi connectivity index (χ3n) is 1.88. The zero-order chi connectivity index (χ0) is 11.6. The number of hydrogen-bond acceptors (Lipinski definition) is 2. The number of carboxylic acid groups (broad SMARTS) is 1. The summed E-state index contributed by atoms with van der Waals surface area (Å²) in [5, 5.41) is 8.77. The van der Waals surface area contributed by atoms with E-state index in [0.717, 1.165) is 0 Å². The molecule has 1 unspecified atom stereocenters. The summed E-state index contributed by atoms with van der Waals surface area (Å²) in [5.41, 5.74) is 5.41. The van der Waals surface area contributed by atoms with Crippen molar-refractivity contribution >= 4 is 33.5 Å². The first-order chi connectivity index (χ1) is 6.93. The van der Waals surface area contributed by atoms with Gasteiger partial charge in [-0.2, -0.15) is 0 Å². The van der Waals surface area contributed by atoms with E-state index in [1.807, 2.05) is 0 Å². The molecule has 3 nitrogen and oxygen atoms in total. The molecule has 0 saturated carbocycles. The van der Waals surface area contributed by atoms with Gasteiger partial charge in [-0.15, -0.1) is 0 Å². The smallest absolute Gasteiger partial charge is 0.320 e. The third-order valence-corrected chi connectivity index (χ3v) is 2.85. The van der Waals surface area contributed by atoms with Crippen LogP contribution in [0.5, 0.6) is 0 Å². The first-order valence-electron chi connectivity index (χ1n) is 4.04. The molecule has 0 aliphatic rings. The summed E-state index contributed by atoms with van der Waals surface area (Å²) >= 11 is 8.73. The SMILES string of the molecule is NC(Cc1c(Cl)ccc(Br)c1F)C(=O)O. The average Bonchev–Trinajstić information content (AvgIpc) is 2.18. The molecule has 6 heteroatoms. The van der Waals surface area contributed by atoms with Crippen LogP contribution in [0.2, 0.25) is 5.02 Å². The molecule has 1 aromatic carbocycles. The van der Waals surface area contributed by atoms with E-state index in [0.29, 0.717) is 0 Å². The minimum Gasteiger partial charge on any atom is -0.480 e. The Hall–Kier alpha value is -0.650. The average molecular weight is 297 g/mol. The summed E-state index contributed by atoms with van der Waals surface area (Å²) in [5.74, 6) is -1.76. The maximum Gasteiger partial charge on any atom is 0.320 e. The minimum atomic E-state index is -1.19. The number of hydrogen-bond donors (Lipinski definition) is 2. The van der Waals surface area contributed by atoms with Gasteiger partial charge >= 0.3 is 5.97 Å². The highest BCUT2D eigenvalue weighted by molar-refractivity contribution is 9.10. The largest absolute Gasteiger partial charge is 0.480 e. The first-order valence-corrected chi connectivity index (χ1v) is 5.21. The predicted molar refractivity (Wildman–Crippen MR) is 58.4 cm³/mol. The van der Waals surface area contributed by atoms with Crippen LogP contribution >= 0.6 is 27.5 Å². The van der Waals surface area contributed by atoms with Gasteiger partial charge in [-0.1, -0.05) is 11.6 Å². The molecule has 82 valence electrons. The molecular formula is C9H8BrClFNO2. The normalized spacial score (nSPS) is 12.5. The second kappa shape index (κ2) is 4.92. The van der Waals surface area contributed by atoms with Crippen molar-refractivity contribution in [3.8, 4) is 0 Å². The van der Waals surface area contributed by atoms with Gasteiger partial charge < -0.3 is 10.8 Å². The van der Waals surface area contributed by atoms with E-state index in [9.17, 15) is 9.18 Å². The molecule has 1 aromatic rings. The Morgan fingerprint density at radius 3 is 2.80 bits per heavy atom. The van der Waals surface area contributed by atoms with E-state index in [1.165, 1.54) is 12.1 Å². The molecule has 0 aliphatic carbocycles. The fourth-order valence-electron chi connectivity index (χ4n) is 1.06. The quantitative estimate of drug-likeness (QED) is 0.841. The lowest BCUT2D eigenvalue weighted by Crippen LogP contribution is -2.32. The molecule has 0 saturated heterocycles. The molecule has 15 heavy (non-hydrogen) atoms. The summed E-state index contributed by atoms with van der Waals surface area (Å²) in [6, 6.07) is 1.78. The molecule has 0 radical (unpaired) electrons. The van der Waals surface area contributed by atoms with Crippen LogP contribution < -0.4 is 5.73 Å². The van der Waals surface area contributed by atoms with E-state index < -0.39 is 17.8 Å². The van der Waals surface area contributed by atoms with Gasteiger partial charge in [-0.05, 0) is 28.1 Å². The predicted octanol–water partition coefficient (Wildman–Crippen LogP) is 2.20. The summed E-state index contributed by atoms with van der Waals surface area (Å²) < 4.78 is 13.7. The summed E-state index contributed by atoms with van der Waals surface area (Å²) in [6.45, 7) is 0. The zero-order valence-corrected chi connectivity index (χ0v) is 9.85. The summed E-state index contributed by atoms with van der Waals surface area (Å²) in [4.78, 5) is 10.5. The highest BCUT2D eigenvalue weighted by Crippen LogP contribution is 2.26. The number of halogens is 3. The topological polar surface area (TPSA) is 63.3 Å². The second-order valence-electron chi connectivity index (χ2n) is 2.97. The Balaban J connectivity index is 3.03. The van der Waals surface area contributed by atoms with Gasteiger partial charge in [0.15, 0.2) is 0 Å². The van der Waals surface area contributed by atoms with Crippen LogP contribution in [0.3, 0.4) is 0 Å². The number of carboxylic acids is 1. The van der Waals surface area contributed by atoms with Crippen LogP contribution in [-0.2, 0) is 11.2 Å². The number of nitrogens with two attached hydrogens (primary N) is 1. The van der Waals surface area contributed by atoms with Gasteiger partial charge in [0.2, 0.25) is 0 Å². The van der Waals surface area contributed by atoms with Crippen molar-refractivity contribution in [3.63, 3.8) is 0 Å². The van der Waals surface area contributed by atoms with Gasteiger partial charge in [0.25, 0.3) is 0 Å². The van der Waals surface area contributed by atoms with Gasteiger partial charge in [-0.3, -0.25) is 4.79 Å². The van der Waals surface area contributed by atoms with Crippen molar-refractivity contribution in [2.75, 3.05) is 0 Å². The van der Waals surface area contributed by atoms with E-state index in [4.69, 9.17) is 22.4 Å². The molecule has 1 atom stereocenters. The van der Waals surface area contributed by atoms with Crippen LogP contribution in [0.25, 0.3) is 0 Å². The fourth-order valence-corrected chi connectivity index (χ4v) is 1.66. The second-order valence-corrected chi connectivity index (χ2v) is 4.23. The molecule has 0 fully saturated rings. The van der Waals surface area contributed by atoms with Crippen LogP contribution in [0.4, 0.5) is 4.39 Å². The molecule has 0 aromatic heterocycles. The molecule has 0 heterocycles. The molecule has 0 bridgehead atoms. The number of benzene rings is 1. The Bertz CT molecular complexity index is 400. The van der Waals surface area contributed by atoms with Gasteiger partial charge in [0.05, 0.1) is 4.47 Å². The lowest BCUT2D eigenvalue weighted by molar-refractivity contribution is -0.138. The van der Waals surface area contributed by atoms with Gasteiger partial charge in [-0.25, -0.2) is 4.39 Å². The molecule has 1 rings (SSSR count). The monoisotopic (exact) mass is 295 g/mol. The van der Waals surface area contributed by atoms with E-state index in [1.54, 1.807) is 0 Å². The standard InChI is InChI=1S/C9H8BrClFNO2/c10-5-1-2-6(11)4(8(5)12)3-7(13)9(14)15/h1-2,7H,3,13H2,(H,14,15). The van der Waals surface area contributed by atoms with E-state index >= 15 is 0 Å². The van der Waals surface area contributed by atoms with Gasteiger partial charge in [0.1, 0.15) is 11.9 Å². The lowest BCUT2D eigenvalue weighted by atomic mass is 10.1. The Morgan fingerprint density at radius 2 is 2.27 bits per heavy atom. The van der Waals surface area contributed by atoms with E-state index in [-0.39, 0.29) is 21.5 Å². The number of rotatable bonds is 3. The van der Waals surface area contributed by atoms with Crippen molar-refractivity contribution in [3.05, 3.63) is 33.0 Å². The molecule has 0 spiro atoms. The highest BCUT2D eigenvalue weighted by atomic mass is 79.9. The summed E-state index contributed by atoms with van der Waals surface area (Å²) in [6.07, 6.45) is -0.139. The zero-order valence-electron chi connectivity index (χ0n) is 7.51. The van der Waals surface area contributed by atoms with Crippen LogP contribution in [-0.4, -0.2) is 17.1 Å². The summed E-state index contributed by atoms with van der Waals surface area (Å²) in [7, 11) is 0. The van der Waals surface area contributed by atoms with Crippen molar-refractivity contribution in [2.45, 2.75) is 12.5 Å². The lowest BCUT2D eigenvalue weighted by Gasteiger charge is -2.10. The van der Waals surface area contributed by atoms with Crippen LogP contribution in [0.15, 0.2) is 16.6 Å². The van der Waals surface area contributed by atoms with Crippen molar-refractivity contribution in [1.82, 2.24) is 0 Å². The molecule has 0 amide bonds. The molecule has 3 N–H and O–H groups in total. The minimum absolute atomic E-state index is 0.112. The van der Waals surface area contributed by atoms with Crippen LogP contribution in [0, 0.1) is 5.82 Å².